The highest BCUT2D eigenvalue weighted by Crippen LogP contribution is 2.06. The van der Waals surface area contributed by atoms with Crippen LogP contribution in [0, 0.1) is 6.92 Å². The minimum atomic E-state index is 0.913. The van der Waals surface area contributed by atoms with E-state index in [9.17, 15) is 0 Å². The van der Waals surface area contributed by atoms with Gasteiger partial charge in [0, 0.05) is 32.3 Å². The normalized spacial score (nSPS) is 18.8. The lowest BCUT2D eigenvalue weighted by atomic mass is 10.4. The number of aryl methyl sites for hydroxylation is 1. The van der Waals surface area contributed by atoms with Gasteiger partial charge in [0.05, 0.1) is 5.69 Å². The fourth-order valence-corrected chi connectivity index (χ4v) is 1.58. The fourth-order valence-electron chi connectivity index (χ4n) is 1.58. The van der Waals surface area contributed by atoms with Crippen molar-refractivity contribution in [1.29, 1.82) is 0 Å². The first kappa shape index (κ1) is 7.76. The lowest BCUT2D eigenvalue weighted by molar-refractivity contribution is 0.290. The van der Waals surface area contributed by atoms with E-state index in [1.165, 1.54) is 5.82 Å². The molecule has 0 fully saturated rings. The van der Waals surface area contributed by atoms with E-state index in [0.717, 1.165) is 31.7 Å². The summed E-state index contributed by atoms with van der Waals surface area (Å²) >= 11 is 0. The van der Waals surface area contributed by atoms with Crippen LogP contribution < -0.4 is 5.84 Å². The number of aromatic nitrogens is 2. The number of imidazole rings is 1. The van der Waals surface area contributed by atoms with E-state index in [1.807, 2.05) is 11.9 Å². The van der Waals surface area contributed by atoms with Crippen molar-refractivity contribution in [1.82, 2.24) is 14.6 Å². The number of hydrazine groups is 1. The Morgan fingerprint density at radius 2 is 2.25 bits per heavy atom. The van der Waals surface area contributed by atoms with Gasteiger partial charge in [-0.25, -0.2) is 9.99 Å². The van der Waals surface area contributed by atoms with Crippen LogP contribution in [-0.4, -0.2) is 27.6 Å². The van der Waals surface area contributed by atoms with Crippen molar-refractivity contribution in [3.63, 3.8) is 0 Å². The van der Waals surface area contributed by atoms with Crippen LogP contribution >= 0.6 is 0 Å². The number of hydrogen-bond donors (Lipinski definition) is 1. The molecular formula is C8H14N4. The number of hydrogen-bond acceptors (Lipinski definition) is 3. The highest BCUT2D eigenvalue weighted by Gasteiger charge is 2.11. The standard InChI is InChI=1S/C8H14N4/c1-7-6-11-4-5-12(9)3-2-8(11)10-7/h6H,2-5,9H2,1H3. The first-order valence-electron chi connectivity index (χ1n) is 4.28. The number of fused-ring (bicyclic) bond motifs is 1. The highest BCUT2D eigenvalue weighted by atomic mass is 15.4. The summed E-state index contributed by atoms with van der Waals surface area (Å²) in [6.45, 7) is 4.83. The van der Waals surface area contributed by atoms with Crippen LogP contribution in [0.5, 0.6) is 0 Å². The van der Waals surface area contributed by atoms with Gasteiger partial charge in [0.25, 0.3) is 0 Å². The van der Waals surface area contributed by atoms with E-state index in [1.54, 1.807) is 0 Å². The molecule has 66 valence electrons. The van der Waals surface area contributed by atoms with Crippen molar-refractivity contribution in [2.24, 2.45) is 5.84 Å². The predicted molar refractivity (Wildman–Crippen MR) is 46.4 cm³/mol. The predicted octanol–water partition coefficient (Wildman–Crippen LogP) is -0.0767. The molecule has 1 aromatic heterocycles. The quantitative estimate of drug-likeness (QED) is 0.548. The van der Waals surface area contributed by atoms with Crippen molar-refractivity contribution in [3.05, 3.63) is 17.7 Å². The topological polar surface area (TPSA) is 47.1 Å². The summed E-state index contributed by atoms with van der Waals surface area (Å²) in [4.78, 5) is 4.43. The monoisotopic (exact) mass is 166 g/mol. The molecule has 2 heterocycles. The Balaban J connectivity index is 2.24. The van der Waals surface area contributed by atoms with E-state index in [2.05, 4.69) is 15.7 Å². The van der Waals surface area contributed by atoms with Crippen LogP contribution in [0.25, 0.3) is 0 Å². The molecule has 4 nitrogen and oxygen atoms in total. The molecule has 0 unspecified atom stereocenters. The molecule has 0 aliphatic carbocycles. The average Bonchev–Trinajstić information content (AvgIpc) is 2.31. The average molecular weight is 166 g/mol. The molecule has 0 amide bonds. The zero-order valence-electron chi connectivity index (χ0n) is 7.32. The highest BCUT2D eigenvalue weighted by molar-refractivity contribution is 5.03. The van der Waals surface area contributed by atoms with Gasteiger partial charge in [-0.2, -0.15) is 0 Å². The molecule has 0 saturated heterocycles. The van der Waals surface area contributed by atoms with Crippen LogP contribution in [0.3, 0.4) is 0 Å². The molecule has 0 radical (unpaired) electrons. The lowest BCUT2D eigenvalue weighted by Gasteiger charge is -2.10. The van der Waals surface area contributed by atoms with Gasteiger partial charge in [-0.05, 0) is 6.92 Å². The number of nitrogens with two attached hydrogens (primary N) is 1. The van der Waals surface area contributed by atoms with Gasteiger partial charge in [0.15, 0.2) is 0 Å². The Bertz CT molecular complexity index is 253. The summed E-state index contributed by atoms with van der Waals surface area (Å²) in [7, 11) is 0. The summed E-state index contributed by atoms with van der Waals surface area (Å²) in [6.07, 6.45) is 3.05. The Hall–Kier alpha value is -0.870. The Kier molecular flexibility index (Phi) is 1.86. The third-order valence-electron chi connectivity index (χ3n) is 2.23. The maximum absolute atomic E-state index is 5.70. The molecule has 0 bridgehead atoms. The maximum Gasteiger partial charge on any atom is 0.110 e. The molecule has 4 heteroatoms. The minimum absolute atomic E-state index is 0.913. The molecule has 0 aromatic carbocycles. The van der Waals surface area contributed by atoms with Gasteiger partial charge in [-0.15, -0.1) is 0 Å². The fraction of sp³-hybridized carbons (Fsp3) is 0.625. The van der Waals surface area contributed by atoms with Gasteiger partial charge in [-0.1, -0.05) is 0 Å². The van der Waals surface area contributed by atoms with Gasteiger partial charge < -0.3 is 4.57 Å². The maximum atomic E-state index is 5.70. The van der Waals surface area contributed by atoms with Crippen LogP contribution in [0.2, 0.25) is 0 Å². The third-order valence-corrected chi connectivity index (χ3v) is 2.23. The van der Waals surface area contributed by atoms with Crippen molar-refractivity contribution >= 4 is 0 Å². The van der Waals surface area contributed by atoms with E-state index in [0.29, 0.717) is 0 Å². The zero-order valence-corrected chi connectivity index (χ0v) is 7.32. The molecule has 12 heavy (non-hydrogen) atoms. The van der Waals surface area contributed by atoms with Crippen molar-refractivity contribution in [3.8, 4) is 0 Å². The largest absolute Gasteiger partial charge is 0.333 e. The first-order valence-corrected chi connectivity index (χ1v) is 4.28. The number of rotatable bonds is 0. The van der Waals surface area contributed by atoms with Gasteiger partial charge in [-0.3, -0.25) is 5.84 Å². The molecule has 1 aromatic rings. The molecule has 1 aliphatic heterocycles. The molecule has 0 saturated carbocycles. The molecule has 2 N–H and O–H groups in total. The molecule has 2 rings (SSSR count). The summed E-state index contributed by atoms with van der Waals surface area (Å²) < 4.78 is 2.20. The minimum Gasteiger partial charge on any atom is -0.333 e. The van der Waals surface area contributed by atoms with Gasteiger partial charge >= 0.3 is 0 Å². The second-order valence-electron chi connectivity index (χ2n) is 3.28. The Labute approximate surface area is 72.0 Å². The van der Waals surface area contributed by atoms with Crippen LogP contribution in [-0.2, 0) is 13.0 Å². The van der Waals surface area contributed by atoms with Gasteiger partial charge in [0.1, 0.15) is 5.82 Å². The van der Waals surface area contributed by atoms with Crippen LogP contribution in [0.15, 0.2) is 6.20 Å². The summed E-state index contributed by atoms with van der Waals surface area (Å²) in [5.74, 6) is 6.87. The smallest absolute Gasteiger partial charge is 0.110 e. The zero-order chi connectivity index (χ0) is 8.55. The molecule has 0 atom stereocenters. The van der Waals surface area contributed by atoms with E-state index >= 15 is 0 Å². The molecule has 1 aliphatic rings. The molecular weight excluding hydrogens is 152 g/mol. The summed E-state index contributed by atoms with van der Waals surface area (Å²) in [5.41, 5.74) is 1.11. The third kappa shape index (κ3) is 1.35. The Morgan fingerprint density at radius 1 is 1.42 bits per heavy atom. The number of nitrogens with zero attached hydrogens (tertiary/aromatic N) is 3. The first-order chi connectivity index (χ1) is 5.75. The van der Waals surface area contributed by atoms with Crippen molar-refractivity contribution < 1.29 is 0 Å². The molecule has 0 spiro atoms. The van der Waals surface area contributed by atoms with Gasteiger partial charge in [0.2, 0.25) is 0 Å². The van der Waals surface area contributed by atoms with E-state index < -0.39 is 0 Å². The van der Waals surface area contributed by atoms with Crippen molar-refractivity contribution in [2.45, 2.75) is 19.9 Å². The van der Waals surface area contributed by atoms with Crippen LogP contribution in [0.1, 0.15) is 11.5 Å². The van der Waals surface area contributed by atoms with E-state index in [4.69, 9.17) is 5.84 Å². The SMILES string of the molecule is Cc1cn2c(n1)CCN(N)CC2. The van der Waals surface area contributed by atoms with Crippen LogP contribution in [0.4, 0.5) is 0 Å². The van der Waals surface area contributed by atoms with E-state index in [-0.39, 0.29) is 0 Å². The summed E-state index contributed by atoms with van der Waals surface area (Å²) in [5, 5.41) is 1.85. The second kappa shape index (κ2) is 2.88. The Morgan fingerprint density at radius 3 is 3.08 bits per heavy atom. The summed E-state index contributed by atoms with van der Waals surface area (Å²) in [6, 6.07) is 0. The second-order valence-corrected chi connectivity index (χ2v) is 3.28. The van der Waals surface area contributed by atoms with Crippen molar-refractivity contribution in [2.75, 3.05) is 13.1 Å². The lowest BCUT2D eigenvalue weighted by Crippen LogP contribution is -2.33.